The number of carbonyl (C=O) groups excluding carboxylic acids is 3. The molecule has 5 nitrogen and oxygen atoms in total. The minimum Gasteiger partial charge on any atom is -0.355 e. The van der Waals surface area contributed by atoms with Gasteiger partial charge in [0.1, 0.15) is 6.54 Å². The van der Waals surface area contributed by atoms with Crippen LogP contribution in [-0.4, -0.2) is 35.7 Å². The average Bonchev–Trinajstić information content (AvgIpc) is 2.51. The van der Waals surface area contributed by atoms with Crippen molar-refractivity contribution in [1.82, 2.24) is 10.2 Å². The number of rotatable bonds is 3. The molecule has 19 heavy (non-hydrogen) atoms. The van der Waals surface area contributed by atoms with Gasteiger partial charge in [0, 0.05) is 12.5 Å². The Hall–Kier alpha value is -1.39. The number of hydrogen-bond acceptors (Lipinski definition) is 3. The first-order valence-electron chi connectivity index (χ1n) is 6.88. The van der Waals surface area contributed by atoms with E-state index in [2.05, 4.69) is 5.32 Å². The van der Waals surface area contributed by atoms with E-state index < -0.39 is 5.41 Å². The quantitative estimate of drug-likeness (QED) is 0.773. The van der Waals surface area contributed by atoms with Crippen LogP contribution in [0.4, 0.5) is 0 Å². The monoisotopic (exact) mass is 266 g/mol. The van der Waals surface area contributed by atoms with E-state index in [4.69, 9.17) is 0 Å². The molecule has 1 heterocycles. The molecule has 0 aromatic heterocycles. The average molecular weight is 266 g/mol. The van der Waals surface area contributed by atoms with E-state index in [0.717, 1.165) is 17.7 Å². The first kappa shape index (κ1) is 14.0. The number of carbonyl (C=O) groups is 3. The second-order valence-corrected chi connectivity index (χ2v) is 6.33. The van der Waals surface area contributed by atoms with Crippen molar-refractivity contribution in [3.05, 3.63) is 0 Å². The van der Waals surface area contributed by atoms with Gasteiger partial charge in [0.05, 0.1) is 5.41 Å². The molecule has 0 aromatic carbocycles. The van der Waals surface area contributed by atoms with Crippen LogP contribution in [0.1, 0.15) is 40.5 Å². The molecule has 2 aliphatic rings. The van der Waals surface area contributed by atoms with E-state index in [1.54, 1.807) is 0 Å². The summed E-state index contributed by atoms with van der Waals surface area (Å²) >= 11 is 0. The summed E-state index contributed by atoms with van der Waals surface area (Å²) in [5.74, 6) is -0.796. The van der Waals surface area contributed by atoms with Crippen molar-refractivity contribution in [1.29, 1.82) is 0 Å². The Balaban J connectivity index is 2.28. The van der Waals surface area contributed by atoms with Crippen LogP contribution in [0.25, 0.3) is 0 Å². The predicted molar refractivity (Wildman–Crippen MR) is 70.0 cm³/mol. The number of nitrogens with one attached hydrogen (secondary N) is 1. The van der Waals surface area contributed by atoms with Gasteiger partial charge in [0.25, 0.3) is 0 Å². The minimum absolute atomic E-state index is 0.145. The fraction of sp³-hybridized carbons (Fsp3) is 0.786. The van der Waals surface area contributed by atoms with Crippen molar-refractivity contribution in [2.24, 2.45) is 16.7 Å². The van der Waals surface area contributed by atoms with Gasteiger partial charge in [-0.1, -0.05) is 20.8 Å². The second-order valence-electron chi connectivity index (χ2n) is 6.33. The largest absolute Gasteiger partial charge is 0.355 e. The maximum atomic E-state index is 12.6. The zero-order chi connectivity index (χ0) is 14.4. The maximum Gasteiger partial charge on any atom is 0.240 e. The minimum atomic E-state index is -0.530. The van der Waals surface area contributed by atoms with E-state index in [9.17, 15) is 14.4 Å². The molecule has 0 radical (unpaired) electrons. The molecule has 2 unspecified atom stereocenters. The molecule has 106 valence electrons. The lowest BCUT2D eigenvalue weighted by Crippen LogP contribution is -2.60. The van der Waals surface area contributed by atoms with Gasteiger partial charge in [0.15, 0.2) is 0 Å². The summed E-state index contributed by atoms with van der Waals surface area (Å²) in [7, 11) is 0. The number of hydrogen-bond donors (Lipinski definition) is 1. The zero-order valence-corrected chi connectivity index (χ0v) is 12.1. The highest BCUT2D eigenvalue weighted by atomic mass is 16.2. The van der Waals surface area contributed by atoms with Crippen LogP contribution in [-0.2, 0) is 14.4 Å². The number of likely N-dealkylation sites (tertiary alicyclic amines) is 1. The highest BCUT2D eigenvalue weighted by Crippen LogP contribution is 2.59. The lowest BCUT2D eigenvalue weighted by molar-refractivity contribution is -0.169. The standard InChI is InChI=1S/C14H22N2O3/c1-5-15-10(17)8-16-11(18)9-6-7-14(4,12(16)19)13(9,2)3/h9H,5-8H2,1-4H3,(H,15,17). The van der Waals surface area contributed by atoms with E-state index >= 15 is 0 Å². The molecule has 2 atom stereocenters. The van der Waals surface area contributed by atoms with Crippen molar-refractivity contribution in [3.8, 4) is 0 Å². The van der Waals surface area contributed by atoms with Crippen molar-refractivity contribution in [3.63, 3.8) is 0 Å². The number of amides is 3. The highest BCUT2D eigenvalue weighted by molar-refractivity contribution is 6.06. The van der Waals surface area contributed by atoms with E-state index in [-0.39, 0.29) is 35.6 Å². The third-order valence-corrected chi connectivity index (χ3v) is 5.18. The summed E-state index contributed by atoms with van der Waals surface area (Å²) in [6, 6.07) is 0. The van der Waals surface area contributed by atoms with Crippen molar-refractivity contribution in [2.75, 3.05) is 13.1 Å². The number of likely N-dealkylation sites (N-methyl/N-ethyl adjacent to an activating group) is 1. The zero-order valence-electron chi connectivity index (χ0n) is 12.1. The lowest BCUT2D eigenvalue weighted by Gasteiger charge is -2.47. The summed E-state index contributed by atoms with van der Waals surface area (Å²) < 4.78 is 0. The van der Waals surface area contributed by atoms with Crippen LogP contribution in [0, 0.1) is 16.7 Å². The summed E-state index contributed by atoms with van der Waals surface area (Å²) in [5.41, 5.74) is -0.850. The number of nitrogens with zero attached hydrogens (tertiary/aromatic N) is 1. The van der Waals surface area contributed by atoms with Crippen LogP contribution in [0.3, 0.4) is 0 Å². The number of fused-ring (bicyclic) bond motifs is 2. The first-order valence-corrected chi connectivity index (χ1v) is 6.88. The van der Waals surface area contributed by atoms with Gasteiger partial charge in [-0.25, -0.2) is 0 Å². The smallest absolute Gasteiger partial charge is 0.240 e. The third kappa shape index (κ3) is 1.78. The van der Waals surface area contributed by atoms with Crippen molar-refractivity contribution < 1.29 is 14.4 Å². The van der Waals surface area contributed by atoms with Gasteiger partial charge >= 0.3 is 0 Å². The fourth-order valence-electron chi connectivity index (χ4n) is 3.45. The Kier molecular flexibility index (Phi) is 3.19. The van der Waals surface area contributed by atoms with Crippen LogP contribution in [0.5, 0.6) is 0 Å². The van der Waals surface area contributed by atoms with Gasteiger partial charge < -0.3 is 5.32 Å². The lowest BCUT2D eigenvalue weighted by atomic mass is 9.62. The molecule has 3 amide bonds. The third-order valence-electron chi connectivity index (χ3n) is 5.18. The van der Waals surface area contributed by atoms with E-state index in [0.29, 0.717) is 6.54 Å². The fourth-order valence-corrected chi connectivity index (χ4v) is 3.45. The summed E-state index contributed by atoms with van der Waals surface area (Å²) in [5, 5.41) is 2.63. The SMILES string of the molecule is CCNC(=O)CN1C(=O)C2CCC(C)(C1=O)C2(C)C. The molecule has 1 N–H and O–H groups in total. The van der Waals surface area contributed by atoms with Gasteiger partial charge in [-0.05, 0) is 25.2 Å². The van der Waals surface area contributed by atoms with Gasteiger partial charge in [-0.2, -0.15) is 0 Å². The number of piperidine rings is 1. The molecule has 2 fully saturated rings. The molecule has 2 rings (SSSR count). The van der Waals surface area contributed by atoms with Crippen molar-refractivity contribution in [2.45, 2.75) is 40.5 Å². The van der Waals surface area contributed by atoms with Gasteiger partial charge in [-0.15, -0.1) is 0 Å². The molecular weight excluding hydrogens is 244 g/mol. The van der Waals surface area contributed by atoms with Gasteiger partial charge in [0.2, 0.25) is 17.7 Å². The topological polar surface area (TPSA) is 66.5 Å². The summed E-state index contributed by atoms with van der Waals surface area (Å²) in [6.45, 7) is 8.07. The van der Waals surface area contributed by atoms with Crippen LogP contribution in [0.2, 0.25) is 0 Å². The highest BCUT2D eigenvalue weighted by Gasteiger charge is 2.64. The molecule has 2 bridgehead atoms. The Bertz CT molecular complexity index is 444. The van der Waals surface area contributed by atoms with Crippen molar-refractivity contribution >= 4 is 17.7 Å². The Morgan fingerprint density at radius 1 is 1.37 bits per heavy atom. The van der Waals surface area contributed by atoms with Crippen LogP contribution in [0.15, 0.2) is 0 Å². The normalized spacial score (nSPS) is 32.6. The number of imide groups is 1. The molecular formula is C14H22N2O3. The molecule has 1 saturated heterocycles. The molecule has 1 aliphatic carbocycles. The maximum absolute atomic E-state index is 12.6. The molecule has 1 saturated carbocycles. The Morgan fingerprint density at radius 3 is 2.58 bits per heavy atom. The molecule has 0 spiro atoms. The van der Waals surface area contributed by atoms with E-state index in [1.807, 2.05) is 27.7 Å². The Labute approximate surface area is 113 Å². The Morgan fingerprint density at radius 2 is 2.00 bits per heavy atom. The molecule has 1 aliphatic heterocycles. The summed E-state index contributed by atoms with van der Waals surface area (Å²) in [6.07, 6.45) is 1.46. The second kappa shape index (κ2) is 4.32. The van der Waals surface area contributed by atoms with Gasteiger partial charge in [-0.3, -0.25) is 19.3 Å². The van der Waals surface area contributed by atoms with E-state index in [1.165, 1.54) is 0 Å². The first-order chi connectivity index (χ1) is 8.75. The summed E-state index contributed by atoms with van der Waals surface area (Å²) in [4.78, 5) is 37.8. The predicted octanol–water partition coefficient (Wildman–Crippen LogP) is 0.934. The van der Waals surface area contributed by atoms with Crippen LogP contribution < -0.4 is 5.32 Å². The molecule has 0 aromatic rings. The van der Waals surface area contributed by atoms with Crippen LogP contribution >= 0.6 is 0 Å². The molecule has 5 heteroatoms.